The van der Waals surface area contributed by atoms with Gasteiger partial charge in [-0.05, 0) is 18.8 Å². The zero-order valence-corrected chi connectivity index (χ0v) is 10.9. The predicted octanol–water partition coefficient (Wildman–Crippen LogP) is -0.496. The largest absolute Gasteiger partial charge is 0.392 e. The molecular weight excluding hydrogens is 242 g/mol. The highest BCUT2D eigenvalue weighted by Crippen LogP contribution is 2.22. The van der Waals surface area contributed by atoms with Crippen LogP contribution >= 0.6 is 0 Å². The van der Waals surface area contributed by atoms with E-state index >= 15 is 0 Å². The van der Waals surface area contributed by atoms with Crippen molar-refractivity contribution in [2.24, 2.45) is 5.92 Å². The monoisotopic (exact) mass is 263 g/mol. The molecule has 5 nitrogen and oxygen atoms in total. The van der Waals surface area contributed by atoms with Gasteiger partial charge in [-0.15, -0.1) is 0 Å². The Morgan fingerprint density at radius 1 is 1.24 bits per heavy atom. The number of rotatable bonds is 3. The Labute approximate surface area is 103 Å². The molecule has 0 saturated carbocycles. The molecule has 2 aliphatic rings. The third kappa shape index (κ3) is 3.91. The first-order chi connectivity index (χ1) is 8.07. The van der Waals surface area contributed by atoms with Crippen molar-refractivity contribution in [2.75, 3.05) is 44.4 Å². The van der Waals surface area contributed by atoms with Crippen LogP contribution in [0.1, 0.15) is 12.8 Å². The van der Waals surface area contributed by atoms with Gasteiger partial charge in [0.15, 0.2) is 0 Å². The van der Waals surface area contributed by atoms with Crippen LogP contribution in [0.2, 0.25) is 0 Å². The van der Waals surface area contributed by atoms with Gasteiger partial charge in [-0.25, -0.2) is 8.42 Å². The summed E-state index contributed by atoms with van der Waals surface area (Å²) in [4.78, 5) is 2.19. The maximum absolute atomic E-state index is 11.3. The molecule has 1 atom stereocenters. The van der Waals surface area contributed by atoms with Crippen LogP contribution in [-0.2, 0) is 14.6 Å². The lowest BCUT2D eigenvalue weighted by molar-refractivity contribution is -0.000518. The van der Waals surface area contributed by atoms with E-state index in [1.807, 2.05) is 0 Å². The van der Waals surface area contributed by atoms with Crippen molar-refractivity contribution >= 4 is 9.84 Å². The zero-order valence-electron chi connectivity index (χ0n) is 10.0. The Morgan fingerprint density at radius 2 is 1.82 bits per heavy atom. The Balaban J connectivity index is 1.78. The molecule has 0 radical (unpaired) electrons. The molecule has 2 rings (SSSR count). The number of aliphatic hydroxyl groups excluding tert-OH is 1. The molecule has 2 fully saturated rings. The highest BCUT2D eigenvalue weighted by atomic mass is 32.2. The Hall–Kier alpha value is -0.170. The lowest BCUT2D eigenvalue weighted by atomic mass is 9.95. The number of β-amino-alcohol motifs (C(OH)–C–C–N with tert-alkyl or cyclic N) is 1. The van der Waals surface area contributed by atoms with Crippen molar-refractivity contribution in [3.63, 3.8) is 0 Å². The van der Waals surface area contributed by atoms with Gasteiger partial charge >= 0.3 is 0 Å². The fraction of sp³-hybridized carbons (Fsp3) is 1.00. The van der Waals surface area contributed by atoms with Gasteiger partial charge in [-0.2, -0.15) is 0 Å². The molecule has 0 aliphatic carbocycles. The van der Waals surface area contributed by atoms with Gasteiger partial charge < -0.3 is 9.84 Å². The lowest BCUT2D eigenvalue weighted by Crippen LogP contribution is -2.44. The van der Waals surface area contributed by atoms with Gasteiger partial charge in [-0.3, -0.25) is 4.90 Å². The van der Waals surface area contributed by atoms with Crippen molar-refractivity contribution in [1.29, 1.82) is 0 Å². The standard InChI is InChI=1S/C11H21NO4S/c13-11(9-12-3-5-16-6-4-12)10-1-7-17(14,15)8-2-10/h10-11,13H,1-9H2. The maximum atomic E-state index is 11.3. The van der Waals surface area contributed by atoms with Gasteiger partial charge in [0, 0.05) is 19.6 Å². The van der Waals surface area contributed by atoms with Crippen molar-refractivity contribution in [3.8, 4) is 0 Å². The molecule has 2 aliphatic heterocycles. The Morgan fingerprint density at radius 3 is 2.41 bits per heavy atom. The van der Waals surface area contributed by atoms with Gasteiger partial charge in [0.25, 0.3) is 0 Å². The average molecular weight is 263 g/mol. The highest BCUT2D eigenvalue weighted by Gasteiger charge is 2.29. The molecule has 0 aromatic carbocycles. The molecule has 0 amide bonds. The summed E-state index contributed by atoms with van der Waals surface area (Å²) in [6.07, 6.45) is 0.811. The topological polar surface area (TPSA) is 66.8 Å². The van der Waals surface area contributed by atoms with Crippen LogP contribution < -0.4 is 0 Å². The quantitative estimate of drug-likeness (QED) is 0.744. The number of morpholine rings is 1. The normalized spacial score (nSPS) is 29.0. The molecule has 0 spiro atoms. The van der Waals surface area contributed by atoms with Crippen molar-refractivity contribution in [1.82, 2.24) is 4.90 Å². The number of ether oxygens (including phenoxy) is 1. The minimum absolute atomic E-state index is 0.140. The predicted molar refractivity (Wildman–Crippen MR) is 64.6 cm³/mol. The minimum atomic E-state index is -2.83. The van der Waals surface area contributed by atoms with E-state index in [4.69, 9.17) is 4.74 Å². The van der Waals surface area contributed by atoms with Crippen LogP contribution in [-0.4, -0.2) is 68.9 Å². The van der Waals surface area contributed by atoms with Crippen molar-refractivity contribution in [2.45, 2.75) is 18.9 Å². The second kappa shape index (κ2) is 5.65. The second-order valence-corrected chi connectivity index (χ2v) is 7.27. The van der Waals surface area contributed by atoms with Gasteiger partial charge in [0.1, 0.15) is 9.84 Å². The van der Waals surface area contributed by atoms with E-state index in [9.17, 15) is 13.5 Å². The SMILES string of the molecule is O=S1(=O)CCC(C(O)CN2CCOCC2)CC1. The first-order valence-corrected chi connectivity index (χ1v) is 8.07. The summed E-state index contributed by atoms with van der Waals surface area (Å²) >= 11 is 0. The number of nitrogens with zero attached hydrogens (tertiary/aromatic N) is 1. The van der Waals surface area contributed by atoms with Crippen LogP contribution in [0.4, 0.5) is 0 Å². The fourth-order valence-electron chi connectivity index (χ4n) is 2.49. The molecule has 2 saturated heterocycles. The van der Waals surface area contributed by atoms with Crippen LogP contribution in [0.5, 0.6) is 0 Å². The molecule has 1 unspecified atom stereocenters. The maximum Gasteiger partial charge on any atom is 0.150 e. The lowest BCUT2D eigenvalue weighted by Gasteiger charge is -2.33. The Bertz CT molecular complexity index is 323. The van der Waals surface area contributed by atoms with E-state index in [1.54, 1.807) is 0 Å². The summed E-state index contributed by atoms with van der Waals surface area (Å²) in [6.45, 7) is 3.83. The van der Waals surface area contributed by atoms with E-state index in [0.29, 0.717) is 19.4 Å². The van der Waals surface area contributed by atoms with Crippen LogP contribution in [0.15, 0.2) is 0 Å². The molecule has 0 aromatic rings. The molecule has 0 bridgehead atoms. The third-order valence-corrected chi connectivity index (χ3v) is 5.41. The van der Waals surface area contributed by atoms with Crippen LogP contribution in [0, 0.1) is 5.92 Å². The van der Waals surface area contributed by atoms with E-state index < -0.39 is 15.9 Å². The zero-order chi connectivity index (χ0) is 12.3. The minimum Gasteiger partial charge on any atom is -0.392 e. The number of hydrogen-bond donors (Lipinski definition) is 1. The second-order valence-electron chi connectivity index (χ2n) is 4.97. The highest BCUT2D eigenvalue weighted by molar-refractivity contribution is 7.91. The van der Waals surface area contributed by atoms with E-state index in [2.05, 4.69) is 4.90 Å². The molecule has 1 N–H and O–H groups in total. The van der Waals surface area contributed by atoms with E-state index in [1.165, 1.54) is 0 Å². The smallest absolute Gasteiger partial charge is 0.150 e. The van der Waals surface area contributed by atoms with Gasteiger partial charge in [0.05, 0.1) is 30.8 Å². The third-order valence-electron chi connectivity index (χ3n) is 3.69. The van der Waals surface area contributed by atoms with Crippen molar-refractivity contribution < 1.29 is 18.3 Å². The van der Waals surface area contributed by atoms with Gasteiger partial charge in [0.2, 0.25) is 0 Å². The Kier molecular flexibility index (Phi) is 4.41. The van der Waals surface area contributed by atoms with E-state index in [0.717, 1.165) is 26.3 Å². The van der Waals surface area contributed by atoms with Gasteiger partial charge in [-0.1, -0.05) is 0 Å². The number of sulfone groups is 1. The average Bonchev–Trinajstić information content (AvgIpc) is 2.30. The number of hydrogen-bond acceptors (Lipinski definition) is 5. The first-order valence-electron chi connectivity index (χ1n) is 6.25. The summed E-state index contributed by atoms with van der Waals surface area (Å²) in [5, 5.41) is 10.1. The number of aliphatic hydroxyl groups is 1. The van der Waals surface area contributed by atoms with E-state index in [-0.39, 0.29) is 17.4 Å². The molecule has 2 heterocycles. The summed E-state index contributed by atoms with van der Waals surface area (Å²) in [7, 11) is -2.83. The first kappa shape index (κ1) is 13.3. The van der Waals surface area contributed by atoms with Crippen LogP contribution in [0.3, 0.4) is 0 Å². The summed E-state index contributed by atoms with van der Waals surface area (Å²) in [6, 6.07) is 0. The van der Waals surface area contributed by atoms with Crippen LogP contribution in [0.25, 0.3) is 0 Å². The van der Waals surface area contributed by atoms with Crippen molar-refractivity contribution in [3.05, 3.63) is 0 Å². The fourth-order valence-corrected chi connectivity index (χ4v) is 4.02. The molecule has 6 heteroatoms. The molecule has 17 heavy (non-hydrogen) atoms. The summed E-state index contributed by atoms with van der Waals surface area (Å²) in [5.41, 5.74) is 0. The molecular formula is C11H21NO4S. The summed E-state index contributed by atoms with van der Waals surface area (Å²) in [5.74, 6) is 0.608. The molecule has 100 valence electrons. The summed E-state index contributed by atoms with van der Waals surface area (Å²) < 4.78 is 27.9. The molecule has 0 aromatic heterocycles.